The van der Waals surface area contributed by atoms with E-state index < -0.39 is 10.0 Å². The van der Waals surface area contributed by atoms with Crippen molar-refractivity contribution in [2.75, 3.05) is 12.0 Å². The summed E-state index contributed by atoms with van der Waals surface area (Å²) in [4.78, 5) is 3.87. The number of hydrogen-bond acceptors (Lipinski definition) is 5. The lowest BCUT2D eigenvalue weighted by Crippen LogP contribution is -2.34. The van der Waals surface area contributed by atoms with Crippen molar-refractivity contribution in [3.63, 3.8) is 0 Å². The molecule has 1 heterocycles. The van der Waals surface area contributed by atoms with Crippen LogP contribution in [-0.4, -0.2) is 19.9 Å². The highest BCUT2D eigenvalue weighted by Crippen LogP contribution is 2.25. The maximum absolute atomic E-state index is 12.2. The van der Waals surface area contributed by atoms with Gasteiger partial charge in [0.25, 0.3) is 0 Å². The number of anilines is 1. The first kappa shape index (κ1) is 15.9. The molecule has 7 heteroatoms. The molecule has 108 valence electrons. The summed E-state index contributed by atoms with van der Waals surface area (Å²) in [6.45, 7) is 8.59. The number of aromatic nitrogens is 1. The number of nitrogens with two attached hydrogens (primary N) is 1. The Labute approximate surface area is 114 Å². The maximum Gasteiger partial charge on any atom is 0.244 e. The summed E-state index contributed by atoms with van der Waals surface area (Å²) in [5.41, 5.74) is 2.72. The van der Waals surface area contributed by atoms with Crippen LogP contribution in [0, 0.1) is 11.3 Å². The van der Waals surface area contributed by atoms with Crippen LogP contribution in [0.15, 0.2) is 23.4 Å². The SMILES string of the molecule is CC(CNS(=O)(=O)c1cnccc1NN)C(C)(C)C. The normalized spacial score (nSPS) is 14.2. The number of sulfonamides is 1. The van der Waals surface area contributed by atoms with Crippen LogP contribution in [-0.2, 0) is 10.0 Å². The standard InChI is InChI=1S/C12H22N4O2S/c1-9(12(2,3)4)7-15-19(17,18)11-8-14-6-5-10(11)16-13/h5-6,8-9,15H,7,13H2,1-4H3,(H,14,16). The number of pyridine rings is 1. The van der Waals surface area contributed by atoms with Gasteiger partial charge >= 0.3 is 0 Å². The van der Waals surface area contributed by atoms with Crippen molar-refractivity contribution in [1.82, 2.24) is 9.71 Å². The van der Waals surface area contributed by atoms with E-state index in [9.17, 15) is 8.42 Å². The average Bonchev–Trinajstić information content (AvgIpc) is 2.34. The van der Waals surface area contributed by atoms with Gasteiger partial charge in [0.05, 0.1) is 5.69 Å². The molecule has 1 rings (SSSR count). The van der Waals surface area contributed by atoms with E-state index in [0.717, 1.165) is 0 Å². The van der Waals surface area contributed by atoms with Crippen molar-refractivity contribution in [3.05, 3.63) is 18.5 Å². The van der Waals surface area contributed by atoms with Crippen LogP contribution in [0.2, 0.25) is 0 Å². The summed E-state index contributed by atoms with van der Waals surface area (Å²) in [6, 6.07) is 1.52. The Morgan fingerprint density at radius 2 is 2.05 bits per heavy atom. The fourth-order valence-corrected chi connectivity index (χ4v) is 2.57. The molecule has 0 saturated carbocycles. The monoisotopic (exact) mass is 286 g/mol. The van der Waals surface area contributed by atoms with E-state index in [2.05, 4.69) is 35.9 Å². The molecule has 6 nitrogen and oxygen atoms in total. The Kier molecular flexibility index (Phi) is 4.89. The van der Waals surface area contributed by atoms with Gasteiger partial charge in [-0.15, -0.1) is 0 Å². The number of hydrazine groups is 1. The molecule has 0 bridgehead atoms. The van der Waals surface area contributed by atoms with E-state index in [4.69, 9.17) is 5.84 Å². The molecule has 1 atom stereocenters. The first-order valence-corrected chi connectivity index (χ1v) is 7.57. The van der Waals surface area contributed by atoms with Crippen LogP contribution in [0.25, 0.3) is 0 Å². The zero-order valence-corrected chi connectivity index (χ0v) is 12.6. The van der Waals surface area contributed by atoms with E-state index in [1.165, 1.54) is 18.5 Å². The average molecular weight is 286 g/mol. The fourth-order valence-electron chi connectivity index (χ4n) is 1.33. The molecule has 0 saturated heterocycles. The first-order chi connectivity index (χ1) is 8.68. The maximum atomic E-state index is 12.2. The summed E-state index contributed by atoms with van der Waals surface area (Å²) in [5.74, 6) is 5.50. The number of rotatable bonds is 5. The van der Waals surface area contributed by atoms with Crippen LogP contribution in [0.4, 0.5) is 5.69 Å². The molecule has 19 heavy (non-hydrogen) atoms. The third-order valence-corrected chi connectivity index (χ3v) is 4.74. The molecule has 1 aromatic heterocycles. The Morgan fingerprint density at radius 3 is 2.58 bits per heavy atom. The second-order valence-corrected chi connectivity index (χ2v) is 7.37. The van der Waals surface area contributed by atoms with Crippen LogP contribution in [0.5, 0.6) is 0 Å². The molecule has 1 aromatic rings. The fraction of sp³-hybridized carbons (Fsp3) is 0.583. The Morgan fingerprint density at radius 1 is 1.42 bits per heavy atom. The van der Waals surface area contributed by atoms with Crippen LogP contribution in [0.1, 0.15) is 27.7 Å². The van der Waals surface area contributed by atoms with Crippen molar-refractivity contribution in [1.29, 1.82) is 0 Å². The van der Waals surface area contributed by atoms with Gasteiger partial charge in [-0.3, -0.25) is 10.8 Å². The van der Waals surface area contributed by atoms with E-state index in [0.29, 0.717) is 12.2 Å². The number of nitrogen functional groups attached to an aromatic ring is 1. The summed E-state index contributed by atoms with van der Waals surface area (Å²) >= 11 is 0. The van der Waals surface area contributed by atoms with Gasteiger partial charge in [0.1, 0.15) is 4.90 Å². The highest BCUT2D eigenvalue weighted by molar-refractivity contribution is 7.89. The second-order valence-electron chi connectivity index (χ2n) is 5.64. The second kappa shape index (κ2) is 5.85. The van der Waals surface area contributed by atoms with Gasteiger partial charge in [0.15, 0.2) is 0 Å². The Hall–Kier alpha value is -1.18. The molecule has 0 aliphatic carbocycles. The Bertz CT molecular complexity index is 523. The minimum atomic E-state index is -3.61. The lowest BCUT2D eigenvalue weighted by molar-refractivity contribution is 0.263. The van der Waals surface area contributed by atoms with Crippen LogP contribution >= 0.6 is 0 Å². The number of nitrogens with one attached hydrogen (secondary N) is 2. The van der Waals surface area contributed by atoms with Crippen molar-refractivity contribution < 1.29 is 8.42 Å². The minimum Gasteiger partial charge on any atom is -0.323 e. The zero-order chi connectivity index (χ0) is 14.7. The molecular formula is C12H22N4O2S. The van der Waals surface area contributed by atoms with E-state index >= 15 is 0 Å². The molecule has 0 aliphatic heterocycles. The zero-order valence-electron chi connectivity index (χ0n) is 11.8. The van der Waals surface area contributed by atoms with Crippen molar-refractivity contribution in [3.8, 4) is 0 Å². The van der Waals surface area contributed by atoms with Gasteiger partial charge < -0.3 is 5.43 Å². The largest absolute Gasteiger partial charge is 0.323 e. The smallest absolute Gasteiger partial charge is 0.244 e. The highest BCUT2D eigenvalue weighted by atomic mass is 32.2. The summed E-state index contributed by atoms with van der Waals surface area (Å²) in [5, 5.41) is 0. The third kappa shape index (κ3) is 4.15. The van der Waals surface area contributed by atoms with Gasteiger partial charge in [-0.25, -0.2) is 13.1 Å². The molecule has 0 amide bonds. The van der Waals surface area contributed by atoms with E-state index in [1.807, 2.05) is 6.92 Å². The number of hydrogen-bond donors (Lipinski definition) is 3. The van der Waals surface area contributed by atoms with Gasteiger partial charge in [-0.2, -0.15) is 0 Å². The van der Waals surface area contributed by atoms with Gasteiger partial charge in [0, 0.05) is 18.9 Å². The van der Waals surface area contributed by atoms with Crippen molar-refractivity contribution >= 4 is 15.7 Å². The van der Waals surface area contributed by atoms with Crippen molar-refractivity contribution in [2.45, 2.75) is 32.6 Å². The molecule has 0 aromatic carbocycles. The van der Waals surface area contributed by atoms with Crippen LogP contribution in [0.3, 0.4) is 0 Å². The first-order valence-electron chi connectivity index (χ1n) is 6.09. The predicted octanol–water partition coefficient (Wildman–Crippen LogP) is 1.33. The van der Waals surface area contributed by atoms with Crippen molar-refractivity contribution in [2.24, 2.45) is 17.2 Å². The molecule has 0 radical (unpaired) electrons. The molecule has 4 N–H and O–H groups in total. The summed E-state index contributed by atoms with van der Waals surface area (Å²) < 4.78 is 27.0. The number of nitrogens with zero attached hydrogens (tertiary/aromatic N) is 1. The van der Waals surface area contributed by atoms with E-state index in [-0.39, 0.29) is 16.2 Å². The lowest BCUT2D eigenvalue weighted by Gasteiger charge is -2.27. The Balaban J connectivity index is 2.88. The molecule has 1 unspecified atom stereocenters. The molecule has 0 fully saturated rings. The van der Waals surface area contributed by atoms with Gasteiger partial charge in [-0.1, -0.05) is 27.7 Å². The van der Waals surface area contributed by atoms with Gasteiger partial charge in [0.2, 0.25) is 10.0 Å². The van der Waals surface area contributed by atoms with E-state index in [1.54, 1.807) is 0 Å². The quantitative estimate of drug-likeness (QED) is 0.560. The van der Waals surface area contributed by atoms with Gasteiger partial charge in [-0.05, 0) is 17.4 Å². The summed E-state index contributed by atoms with van der Waals surface area (Å²) in [6.07, 6.45) is 2.76. The predicted molar refractivity (Wildman–Crippen MR) is 75.9 cm³/mol. The lowest BCUT2D eigenvalue weighted by atomic mass is 9.82. The minimum absolute atomic E-state index is 0.0341. The third-order valence-electron chi connectivity index (χ3n) is 3.29. The molecule has 0 spiro atoms. The summed E-state index contributed by atoms with van der Waals surface area (Å²) in [7, 11) is -3.61. The topological polar surface area (TPSA) is 97.1 Å². The highest BCUT2D eigenvalue weighted by Gasteiger charge is 2.24. The molecular weight excluding hydrogens is 264 g/mol. The molecule has 0 aliphatic rings. The van der Waals surface area contributed by atoms with Crippen LogP contribution < -0.4 is 16.0 Å².